The summed E-state index contributed by atoms with van der Waals surface area (Å²) in [7, 11) is 0. The molecule has 0 radical (unpaired) electrons. The van der Waals surface area contributed by atoms with E-state index in [0.717, 1.165) is 25.1 Å². The molecule has 0 bridgehead atoms. The first-order valence-electron chi connectivity index (χ1n) is 11.4. The molecule has 2 atom stereocenters. The highest BCUT2D eigenvalue weighted by molar-refractivity contribution is 5.66. The fraction of sp³-hybridized carbons (Fsp3) is 0.375. The zero-order chi connectivity index (χ0) is 29.6. The summed E-state index contributed by atoms with van der Waals surface area (Å²) in [5.74, 6) is -7.87. The lowest BCUT2D eigenvalue weighted by Crippen LogP contribution is -2.25. The number of nitrogens with zero attached hydrogens (tertiary/aromatic N) is 3. The van der Waals surface area contributed by atoms with Crippen LogP contribution in [0.2, 0.25) is 0 Å². The van der Waals surface area contributed by atoms with E-state index in [1.807, 2.05) is 0 Å². The van der Waals surface area contributed by atoms with Gasteiger partial charge in [-0.1, -0.05) is 12.1 Å². The molecule has 0 unspecified atom stereocenters. The number of ether oxygens (including phenoxy) is 3. The largest absolute Gasteiger partial charge is 0.493 e. The number of aliphatic hydroxyl groups excluding tert-OH is 1. The number of benzene rings is 2. The Balaban J connectivity index is 2.12. The van der Waals surface area contributed by atoms with Crippen LogP contribution < -0.4 is 4.74 Å². The number of esters is 1. The van der Waals surface area contributed by atoms with E-state index in [1.165, 1.54) is 6.92 Å². The zero-order valence-corrected chi connectivity index (χ0v) is 20.5. The van der Waals surface area contributed by atoms with E-state index < -0.39 is 88.6 Å². The van der Waals surface area contributed by atoms with Crippen molar-refractivity contribution in [3.05, 3.63) is 70.3 Å². The van der Waals surface area contributed by atoms with Crippen LogP contribution in [0.15, 0.2) is 36.4 Å². The Bertz CT molecular complexity index is 1420. The van der Waals surface area contributed by atoms with Crippen molar-refractivity contribution in [3.63, 3.8) is 0 Å². The van der Waals surface area contributed by atoms with Gasteiger partial charge >= 0.3 is 24.2 Å². The highest BCUT2D eigenvalue weighted by atomic mass is 19.4. The van der Waals surface area contributed by atoms with Crippen molar-refractivity contribution in [2.24, 2.45) is 0 Å². The number of aromatic nitrogens is 3. The highest BCUT2D eigenvalue weighted by Crippen LogP contribution is 2.48. The second-order valence-electron chi connectivity index (χ2n) is 8.46. The second-order valence-corrected chi connectivity index (χ2v) is 8.46. The van der Waals surface area contributed by atoms with Gasteiger partial charge in [0, 0.05) is 18.1 Å². The normalized spacial score (nSPS) is 17.6. The van der Waals surface area contributed by atoms with Crippen LogP contribution in [-0.4, -0.2) is 39.1 Å². The van der Waals surface area contributed by atoms with Gasteiger partial charge in [-0.15, -0.1) is 10.2 Å². The van der Waals surface area contributed by atoms with Gasteiger partial charge in [0.05, 0.1) is 17.9 Å². The topological polar surface area (TPSA) is 95.7 Å². The van der Waals surface area contributed by atoms with E-state index in [0.29, 0.717) is 22.8 Å². The molecule has 216 valence electrons. The molecule has 1 aliphatic rings. The molecular formula is C24H19F8N3O5. The molecule has 1 aliphatic heterocycles. The van der Waals surface area contributed by atoms with Crippen molar-refractivity contribution >= 4 is 5.97 Å². The van der Waals surface area contributed by atoms with E-state index in [1.54, 1.807) is 0 Å². The lowest BCUT2D eigenvalue weighted by molar-refractivity contribution is -0.190. The summed E-state index contributed by atoms with van der Waals surface area (Å²) in [5, 5.41) is 16.1. The van der Waals surface area contributed by atoms with Gasteiger partial charge in [-0.2, -0.15) is 35.1 Å². The van der Waals surface area contributed by atoms with Gasteiger partial charge in [-0.05, 0) is 31.2 Å². The first-order valence-corrected chi connectivity index (χ1v) is 11.4. The van der Waals surface area contributed by atoms with Gasteiger partial charge in [0.25, 0.3) is 6.29 Å². The third-order valence-corrected chi connectivity index (χ3v) is 5.76. The summed E-state index contributed by atoms with van der Waals surface area (Å²) in [6.45, 7) is 0.270. The summed E-state index contributed by atoms with van der Waals surface area (Å²) in [4.78, 5) is 11.9. The van der Waals surface area contributed by atoms with Crippen LogP contribution in [0.3, 0.4) is 0 Å². The van der Waals surface area contributed by atoms with Crippen LogP contribution in [-0.2, 0) is 32.5 Å². The maximum absolute atomic E-state index is 14.7. The predicted molar refractivity (Wildman–Crippen MR) is 117 cm³/mol. The fourth-order valence-electron chi connectivity index (χ4n) is 4.21. The molecule has 4 rings (SSSR count). The van der Waals surface area contributed by atoms with E-state index in [2.05, 4.69) is 10.2 Å². The molecule has 0 fully saturated rings. The number of carbonyl (C=O) groups excluding carboxylic acids is 1. The lowest BCUT2D eigenvalue weighted by atomic mass is 9.93. The SMILES string of the molecule is CCOc1cccc([C@H]2O[C@H](OC(C)=O)c3nnc(C(F)(F)CO)n3-c3ccc(C(F)(F)F)cc32)c1C(F)(F)F. The van der Waals surface area contributed by atoms with Crippen LogP contribution >= 0.6 is 0 Å². The fourth-order valence-corrected chi connectivity index (χ4v) is 4.21. The molecule has 2 aromatic carbocycles. The Morgan fingerprint density at radius 2 is 1.73 bits per heavy atom. The first kappa shape index (κ1) is 29.2. The van der Waals surface area contributed by atoms with Crippen LogP contribution in [0, 0.1) is 0 Å². The summed E-state index contributed by atoms with van der Waals surface area (Å²) in [6.07, 6.45) is -14.3. The van der Waals surface area contributed by atoms with Gasteiger partial charge in [-0.25, -0.2) is 0 Å². The van der Waals surface area contributed by atoms with E-state index in [9.17, 15) is 45.0 Å². The molecule has 1 aromatic heterocycles. The minimum Gasteiger partial charge on any atom is -0.493 e. The standard InChI is InChI=1S/C24H19F8N3O5/c1-3-38-16-6-4-5-13(17(16)24(30,31)32)18-14-9-12(23(27,28)29)7-8-15(14)35-19(20(40-18)39-11(2)37)33-34-21(35)22(25,26)10-36/h4-9,18,20,36H,3,10H2,1-2H3/t18-,20+/m1/s1. The quantitative estimate of drug-likeness (QED) is 0.305. The Morgan fingerprint density at radius 3 is 2.30 bits per heavy atom. The van der Waals surface area contributed by atoms with Crippen molar-refractivity contribution < 1.29 is 59.2 Å². The zero-order valence-electron chi connectivity index (χ0n) is 20.5. The van der Waals surface area contributed by atoms with Crippen molar-refractivity contribution in [2.45, 2.75) is 44.5 Å². The maximum Gasteiger partial charge on any atom is 0.420 e. The second kappa shape index (κ2) is 10.3. The molecule has 0 saturated carbocycles. The highest BCUT2D eigenvalue weighted by Gasteiger charge is 2.46. The Labute approximate surface area is 220 Å². The Morgan fingerprint density at radius 1 is 1.02 bits per heavy atom. The summed E-state index contributed by atoms with van der Waals surface area (Å²) in [5.41, 5.74) is -4.72. The summed E-state index contributed by atoms with van der Waals surface area (Å²) in [6, 6.07) is 4.66. The van der Waals surface area contributed by atoms with Gasteiger partial charge in [0.1, 0.15) is 24.0 Å². The lowest BCUT2D eigenvalue weighted by Gasteiger charge is -2.26. The van der Waals surface area contributed by atoms with Crippen molar-refractivity contribution in [1.82, 2.24) is 14.8 Å². The smallest absolute Gasteiger partial charge is 0.420 e. The molecule has 0 spiro atoms. The molecule has 3 aromatic rings. The van der Waals surface area contributed by atoms with Gasteiger partial charge in [-0.3, -0.25) is 9.36 Å². The molecule has 1 N–H and O–H groups in total. The molecule has 2 heterocycles. The maximum atomic E-state index is 14.7. The number of fused-ring (bicyclic) bond motifs is 3. The minimum atomic E-state index is -5.13. The summed E-state index contributed by atoms with van der Waals surface area (Å²) >= 11 is 0. The number of hydrogen-bond donors (Lipinski definition) is 1. The number of carbonyl (C=O) groups is 1. The average Bonchev–Trinajstić information content (AvgIpc) is 3.26. The van der Waals surface area contributed by atoms with E-state index >= 15 is 0 Å². The third kappa shape index (κ3) is 5.32. The number of hydrogen-bond acceptors (Lipinski definition) is 7. The minimum absolute atomic E-state index is 0.205. The average molecular weight is 581 g/mol. The molecular weight excluding hydrogens is 562 g/mol. The molecule has 8 nitrogen and oxygen atoms in total. The third-order valence-electron chi connectivity index (χ3n) is 5.76. The van der Waals surface area contributed by atoms with Crippen LogP contribution in [0.25, 0.3) is 5.69 Å². The number of alkyl halides is 8. The van der Waals surface area contributed by atoms with Gasteiger partial charge in [0.15, 0.2) is 0 Å². The van der Waals surface area contributed by atoms with Crippen molar-refractivity contribution in [3.8, 4) is 11.4 Å². The summed E-state index contributed by atoms with van der Waals surface area (Å²) < 4.78 is 130. The molecule has 40 heavy (non-hydrogen) atoms. The van der Waals surface area contributed by atoms with Crippen LogP contribution in [0.4, 0.5) is 35.1 Å². The monoisotopic (exact) mass is 581 g/mol. The Kier molecular flexibility index (Phi) is 7.53. The van der Waals surface area contributed by atoms with Crippen molar-refractivity contribution in [2.75, 3.05) is 13.2 Å². The molecule has 0 aliphatic carbocycles. The predicted octanol–water partition coefficient (Wildman–Crippen LogP) is 5.47. The van der Waals surface area contributed by atoms with Gasteiger partial charge in [0.2, 0.25) is 11.6 Å². The number of rotatable bonds is 6. The van der Waals surface area contributed by atoms with Crippen LogP contribution in [0.5, 0.6) is 5.75 Å². The number of halogens is 8. The van der Waals surface area contributed by atoms with Crippen molar-refractivity contribution in [1.29, 1.82) is 0 Å². The molecule has 0 amide bonds. The van der Waals surface area contributed by atoms with E-state index in [-0.39, 0.29) is 6.61 Å². The first-order chi connectivity index (χ1) is 18.6. The van der Waals surface area contributed by atoms with Crippen LogP contribution in [0.1, 0.15) is 60.1 Å². The number of aliphatic hydroxyl groups is 1. The molecule has 0 saturated heterocycles. The molecule has 16 heteroatoms. The van der Waals surface area contributed by atoms with Gasteiger partial charge < -0.3 is 19.3 Å². The Hall–Kier alpha value is -3.79. The van der Waals surface area contributed by atoms with E-state index in [4.69, 9.17) is 14.2 Å².